The van der Waals surface area contributed by atoms with E-state index < -0.39 is 0 Å². The van der Waals surface area contributed by atoms with Crippen molar-refractivity contribution in [1.29, 1.82) is 0 Å². The molecule has 0 bridgehead atoms. The van der Waals surface area contributed by atoms with Crippen LogP contribution in [0.1, 0.15) is 5.56 Å². The van der Waals surface area contributed by atoms with Crippen molar-refractivity contribution in [3.05, 3.63) is 66.2 Å². The minimum Gasteiger partial charge on any atom is -0.497 e. The highest BCUT2D eigenvalue weighted by Gasteiger charge is 2.11. The van der Waals surface area contributed by atoms with Crippen LogP contribution >= 0.6 is 0 Å². The zero-order valence-electron chi connectivity index (χ0n) is 14.0. The molecule has 1 aromatic heterocycles. The van der Waals surface area contributed by atoms with Gasteiger partial charge in [-0.25, -0.2) is 0 Å². The third-order valence-corrected chi connectivity index (χ3v) is 4.44. The molecule has 0 amide bonds. The molecule has 120 valence electrons. The number of aryl methyl sites for hydroxylation is 1. The van der Waals surface area contributed by atoms with Crippen LogP contribution in [0, 0.1) is 6.92 Å². The average molecular weight is 317 g/mol. The molecule has 1 heterocycles. The van der Waals surface area contributed by atoms with Crippen molar-refractivity contribution in [3.8, 4) is 5.75 Å². The quantitative estimate of drug-likeness (QED) is 0.487. The average Bonchev–Trinajstić information content (AvgIpc) is 2.98. The fourth-order valence-electron chi connectivity index (χ4n) is 3.06. The largest absolute Gasteiger partial charge is 0.497 e. The van der Waals surface area contributed by atoms with Gasteiger partial charge in [0.1, 0.15) is 16.9 Å². The molecule has 0 aliphatic heterocycles. The highest BCUT2D eigenvalue weighted by Crippen LogP contribution is 2.34. The Morgan fingerprint density at radius 3 is 2.33 bits per heavy atom. The van der Waals surface area contributed by atoms with Gasteiger partial charge in [0, 0.05) is 35.3 Å². The summed E-state index contributed by atoms with van der Waals surface area (Å²) in [5.74, 6) is 0.852. The lowest BCUT2D eigenvalue weighted by molar-refractivity contribution is 0.415. The molecule has 3 aromatic carbocycles. The number of anilines is 2. The summed E-state index contributed by atoms with van der Waals surface area (Å²) in [6.07, 6.45) is 0. The van der Waals surface area contributed by atoms with Crippen LogP contribution in [-0.4, -0.2) is 14.2 Å². The number of benzene rings is 3. The molecule has 0 saturated heterocycles. The Morgan fingerprint density at radius 1 is 0.833 bits per heavy atom. The van der Waals surface area contributed by atoms with Gasteiger partial charge in [-0.3, -0.25) is 0 Å². The predicted octanol–water partition coefficient (Wildman–Crippen LogP) is 5.67. The summed E-state index contributed by atoms with van der Waals surface area (Å²) in [7, 11) is 3.74. The normalized spacial score (nSPS) is 11.1. The molecule has 0 aliphatic carbocycles. The third kappa shape index (κ3) is 2.38. The summed E-state index contributed by atoms with van der Waals surface area (Å²) < 4.78 is 11.3. The standard InChI is InChI=1S/C21H19NO2/c1-14-7-9-20-18(11-14)19-13-16(8-10-21(19)24-20)22(2)15-5-4-6-17(12-15)23-3/h4-13H,1-3H3. The van der Waals surface area contributed by atoms with Crippen LogP contribution in [0.2, 0.25) is 0 Å². The number of furan rings is 1. The first-order valence-corrected chi connectivity index (χ1v) is 7.96. The van der Waals surface area contributed by atoms with Crippen LogP contribution in [0.25, 0.3) is 21.9 Å². The Morgan fingerprint density at radius 2 is 1.54 bits per heavy atom. The molecule has 24 heavy (non-hydrogen) atoms. The molecule has 3 heteroatoms. The van der Waals surface area contributed by atoms with Gasteiger partial charge in [0.25, 0.3) is 0 Å². The van der Waals surface area contributed by atoms with Crippen molar-refractivity contribution >= 4 is 33.3 Å². The summed E-state index contributed by atoms with van der Waals surface area (Å²) in [6, 6.07) is 20.6. The van der Waals surface area contributed by atoms with Gasteiger partial charge in [-0.15, -0.1) is 0 Å². The molecule has 0 saturated carbocycles. The molecule has 0 radical (unpaired) electrons. The van der Waals surface area contributed by atoms with E-state index in [0.717, 1.165) is 39.1 Å². The van der Waals surface area contributed by atoms with E-state index in [1.807, 2.05) is 30.3 Å². The van der Waals surface area contributed by atoms with Crippen molar-refractivity contribution in [2.75, 3.05) is 19.1 Å². The van der Waals surface area contributed by atoms with Crippen molar-refractivity contribution in [1.82, 2.24) is 0 Å². The first-order valence-electron chi connectivity index (χ1n) is 7.96. The van der Waals surface area contributed by atoms with E-state index in [0.29, 0.717) is 0 Å². The fourth-order valence-corrected chi connectivity index (χ4v) is 3.06. The second-order valence-corrected chi connectivity index (χ2v) is 6.04. The van der Waals surface area contributed by atoms with Crippen molar-refractivity contribution < 1.29 is 9.15 Å². The Labute approximate surface area is 141 Å². The van der Waals surface area contributed by atoms with Crippen molar-refractivity contribution in [2.45, 2.75) is 6.92 Å². The van der Waals surface area contributed by atoms with E-state index in [9.17, 15) is 0 Å². The van der Waals surface area contributed by atoms with Gasteiger partial charge in [0.2, 0.25) is 0 Å². The number of hydrogen-bond acceptors (Lipinski definition) is 3. The zero-order valence-corrected chi connectivity index (χ0v) is 14.0. The maximum Gasteiger partial charge on any atom is 0.135 e. The molecule has 0 fully saturated rings. The second-order valence-electron chi connectivity index (χ2n) is 6.04. The summed E-state index contributed by atoms with van der Waals surface area (Å²) >= 11 is 0. The van der Waals surface area contributed by atoms with Gasteiger partial charge in [0.15, 0.2) is 0 Å². The van der Waals surface area contributed by atoms with E-state index in [1.54, 1.807) is 7.11 Å². The summed E-state index contributed by atoms with van der Waals surface area (Å²) in [4.78, 5) is 2.15. The number of hydrogen-bond donors (Lipinski definition) is 0. The molecule has 0 unspecified atom stereocenters. The Bertz CT molecular complexity index is 1030. The Balaban J connectivity index is 1.84. The SMILES string of the molecule is COc1cccc(N(C)c2ccc3oc4ccc(C)cc4c3c2)c1. The van der Waals surface area contributed by atoms with Crippen LogP contribution < -0.4 is 9.64 Å². The molecule has 4 aromatic rings. The first-order chi connectivity index (χ1) is 11.7. The number of nitrogens with zero attached hydrogens (tertiary/aromatic N) is 1. The minimum atomic E-state index is 0.852. The first kappa shape index (κ1) is 14.6. The van der Waals surface area contributed by atoms with Gasteiger partial charge in [0.05, 0.1) is 7.11 Å². The zero-order chi connectivity index (χ0) is 16.7. The number of methoxy groups -OCH3 is 1. The lowest BCUT2D eigenvalue weighted by Crippen LogP contribution is -2.09. The topological polar surface area (TPSA) is 25.6 Å². The smallest absolute Gasteiger partial charge is 0.135 e. The van der Waals surface area contributed by atoms with E-state index >= 15 is 0 Å². The van der Waals surface area contributed by atoms with Crippen molar-refractivity contribution in [2.24, 2.45) is 0 Å². The Hall–Kier alpha value is -2.94. The van der Waals surface area contributed by atoms with Gasteiger partial charge in [-0.1, -0.05) is 17.7 Å². The van der Waals surface area contributed by atoms with Crippen LogP contribution in [0.15, 0.2) is 65.1 Å². The van der Waals surface area contributed by atoms with E-state index in [-0.39, 0.29) is 0 Å². The maximum absolute atomic E-state index is 5.95. The van der Waals surface area contributed by atoms with Gasteiger partial charge >= 0.3 is 0 Å². The minimum absolute atomic E-state index is 0.852. The Kier molecular flexibility index (Phi) is 3.42. The molecular formula is C21H19NO2. The van der Waals surface area contributed by atoms with Crippen LogP contribution in [-0.2, 0) is 0 Å². The molecule has 0 spiro atoms. The monoisotopic (exact) mass is 317 g/mol. The molecule has 3 nitrogen and oxygen atoms in total. The number of ether oxygens (including phenoxy) is 1. The highest BCUT2D eigenvalue weighted by molar-refractivity contribution is 6.06. The lowest BCUT2D eigenvalue weighted by atomic mass is 10.1. The summed E-state index contributed by atoms with van der Waals surface area (Å²) in [6.45, 7) is 2.10. The van der Waals surface area contributed by atoms with Gasteiger partial charge in [-0.05, 0) is 49.4 Å². The van der Waals surface area contributed by atoms with Gasteiger partial charge < -0.3 is 14.1 Å². The summed E-state index contributed by atoms with van der Waals surface area (Å²) in [5, 5.41) is 2.30. The van der Waals surface area contributed by atoms with E-state index in [4.69, 9.17) is 9.15 Å². The number of rotatable bonds is 3. The fraction of sp³-hybridized carbons (Fsp3) is 0.143. The highest BCUT2D eigenvalue weighted by atomic mass is 16.5. The molecule has 0 N–H and O–H groups in total. The lowest BCUT2D eigenvalue weighted by Gasteiger charge is -2.20. The molecular weight excluding hydrogens is 298 g/mol. The van der Waals surface area contributed by atoms with Crippen LogP contribution in [0.4, 0.5) is 11.4 Å². The predicted molar refractivity (Wildman–Crippen MR) is 99.5 cm³/mol. The van der Waals surface area contributed by atoms with E-state index in [2.05, 4.69) is 49.2 Å². The molecule has 4 rings (SSSR count). The summed E-state index contributed by atoms with van der Waals surface area (Å²) in [5.41, 5.74) is 5.27. The third-order valence-electron chi connectivity index (χ3n) is 4.44. The maximum atomic E-state index is 5.95. The van der Waals surface area contributed by atoms with Crippen molar-refractivity contribution in [3.63, 3.8) is 0 Å². The number of fused-ring (bicyclic) bond motifs is 3. The second kappa shape index (κ2) is 5.60. The van der Waals surface area contributed by atoms with Crippen LogP contribution in [0.5, 0.6) is 5.75 Å². The van der Waals surface area contributed by atoms with Crippen LogP contribution in [0.3, 0.4) is 0 Å². The van der Waals surface area contributed by atoms with Gasteiger partial charge in [-0.2, -0.15) is 0 Å². The molecule has 0 atom stereocenters. The van der Waals surface area contributed by atoms with E-state index in [1.165, 1.54) is 5.56 Å². The molecule has 0 aliphatic rings.